The van der Waals surface area contributed by atoms with Gasteiger partial charge in [0.05, 0.1) is 0 Å². The van der Waals surface area contributed by atoms with Crippen LogP contribution in [-0.2, 0) is 6.54 Å². The molecule has 3 heteroatoms. The normalized spacial score (nSPS) is 16.6. The van der Waals surface area contributed by atoms with E-state index < -0.39 is 0 Å². The van der Waals surface area contributed by atoms with Crippen molar-refractivity contribution in [2.75, 3.05) is 27.2 Å². The summed E-state index contributed by atoms with van der Waals surface area (Å²) in [5, 5.41) is 1.31. The molecule has 0 aliphatic heterocycles. The van der Waals surface area contributed by atoms with Crippen LogP contribution in [0.2, 0.25) is 0 Å². The summed E-state index contributed by atoms with van der Waals surface area (Å²) in [7, 11) is 4.51. The molecule has 2 aromatic rings. The Morgan fingerprint density at radius 3 is 2.71 bits per heavy atom. The lowest BCUT2D eigenvalue weighted by atomic mass is 10.1. The van der Waals surface area contributed by atoms with Gasteiger partial charge in [0.2, 0.25) is 0 Å². The molecular formula is C18H27N3. The zero-order valence-electron chi connectivity index (χ0n) is 13.3. The van der Waals surface area contributed by atoms with E-state index in [1.165, 1.54) is 48.7 Å². The zero-order valence-corrected chi connectivity index (χ0v) is 13.3. The Balaban J connectivity index is 1.54. The smallest absolute Gasteiger partial charge is 0.0499 e. The minimum absolute atomic E-state index is 0.824. The fourth-order valence-corrected chi connectivity index (χ4v) is 3.51. The molecule has 1 heterocycles. The van der Waals surface area contributed by atoms with Gasteiger partial charge in [0.15, 0.2) is 0 Å². The maximum Gasteiger partial charge on any atom is 0.0499 e. The van der Waals surface area contributed by atoms with E-state index in [1.54, 1.807) is 0 Å². The number of rotatable bonds is 6. The molecule has 21 heavy (non-hydrogen) atoms. The second-order valence-corrected chi connectivity index (χ2v) is 6.52. The van der Waals surface area contributed by atoms with E-state index in [9.17, 15) is 0 Å². The maximum absolute atomic E-state index is 3.37. The predicted molar refractivity (Wildman–Crippen MR) is 89.5 cm³/mol. The van der Waals surface area contributed by atoms with E-state index in [4.69, 9.17) is 0 Å². The first-order valence-corrected chi connectivity index (χ1v) is 8.18. The van der Waals surface area contributed by atoms with Crippen molar-refractivity contribution < 1.29 is 0 Å². The van der Waals surface area contributed by atoms with E-state index >= 15 is 0 Å². The second kappa shape index (κ2) is 6.63. The van der Waals surface area contributed by atoms with Crippen molar-refractivity contribution >= 4 is 10.9 Å². The SMILES string of the molecule is CN(CCN(C)C1CCCC1)Cc1cccc2cc[nH]c12. The van der Waals surface area contributed by atoms with Crippen LogP contribution in [0.15, 0.2) is 30.5 Å². The molecule has 114 valence electrons. The van der Waals surface area contributed by atoms with Crippen LogP contribution in [0.25, 0.3) is 10.9 Å². The lowest BCUT2D eigenvalue weighted by Crippen LogP contribution is -2.36. The Hall–Kier alpha value is -1.32. The number of nitrogens with zero attached hydrogens (tertiary/aromatic N) is 2. The Bertz CT molecular complexity index is 569. The van der Waals surface area contributed by atoms with Gasteiger partial charge in [-0.1, -0.05) is 31.0 Å². The number of aromatic nitrogens is 1. The monoisotopic (exact) mass is 285 g/mol. The highest BCUT2D eigenvalue weighted by Crippen LogP contribution is 2.22. The van der Waals surface area contributed by atoms with Crippen molar-refractivity contribution in [3.05, 3.63) is 36.0 Å². The zero-order chi connectivity index (χ0) is 14.7. The average molecular weight is 285 g/mol. The standard InChI is InChI=1S/C18H27N3/c1-20(12-13-21(2)17-8-3-4-9-17)14-16-7-5-6-15-10-11-19-18(15)16/h5-7,10-11,17,19H,3-4,8-9,12-14H2,1-2H3. The van der Waals surface area contributed by atoms with Gasteiger partial charge in [-0.3, -0.25) is 0 Å². The summed E-state index contributed by atoms with van der Waals surface area (Å²) in [6.45, 7) is 3.31. The Labute approximate surface area is 127 Å². The molecular weight excluding hydrogens is 258 g/mol. The summed E-state index contributed by atoms with van der Waals surface area (Å²) in [5.74, 6) is 0. The molecule has 0 bridgehead atoms. The highest BCUT2D eigenvalue weighted by molar-refractivity contribution is 5.82. The van der Waals surface area contributed by atoms with Gasteiger partial charge in [-0.25, -0.2) is 0 Å². The number of hydrogen-bond donors (Lipinski definition) is 1. The highest BCUT2D eigenvalue weighted by Gasteiger charge is 2.19. The van der Waals surface area contributed by atoms with Crippen LogP contribution >= 0.6 is 0 Å². The highest BCUT2D eigenvalue weighted by atomic mass is 15.2. The molecule has 1 fully saturated rings. The van der Waals surface area contributed by atoms with Gasteiger partial charge < -0.3 is 14.8 Å². The number of H-pyrrole nitrogens is 1. The van der Waals surface area contributed by atoms with Gasteiger partial charge in [-0.2, -0.15) is 0 Å². The minimum atomic E-state index is 0.824. The van der Waals surface area contributed by atoms with Crippen LogP contribution < -0.4 is 0 Å². The molecule has 0 spiro atoms. The van der Waals surface area contributed by atoms with Gasteiger partial charge >= 0.3 is 0 Å². The first kappa shape index (κ1) is 14.6. The van der Waals surface area contributed by atoms with E-state index in [-0.39, 0.29) is 0 Å². The number of benzene rings is 1. The molecule has 0 atom stereocenters. The molecule has 0 saturated heterocycles. The molecule has 1 saturated carbocycles. The molecule has 1 aliphatic carbocycles. The van der Waals surface area contributed by atoms with Crippen molar-refractivity contribution in [2.24, 2.45) is 0 Å². The third-order valence-corrected chi connectivity index (χ3v) is 4.90. The third kappa shape index (κ3) is 3.47. The van der Waals surface area contributed by atoms with Gasteiger partial charge in [0, 0.05) is 37.4 Å². The summed E-state index contributed by atoms with van der Waals surface area (Å²) >= 11 is 0. The summed E-state index contributed by atoms with van der Waals surface area (Å²) in [6, 6.07) is 9.53. The summed E-state index contributed by atoms with van der Waals surface area (Å²) in [6.07, 6.45) is 7.64. The molecule has 0 radical (unpaired) electrons. The van der Waals surface area contributed by atoms with Crippen molar-refractivity contribution in [2.45, 2.75) is 38.3 Å². The number of para-hydroxylation sites is 1. The first-order valence-electron chi connectivity index (χ1n) is 8.18. The van der Waals surface area contributed by atoms with Crippen LogP contribution in [0.1, 0.15) is 31.2 Å². The fraction of sp³-hybridized carbons (Fsp3) is 0.556. The summed E-state index contributed by atoms with van der Waals surface area (Å²) in [5.41, 5.74) is 2.68. The van der Waals surface area contributed by atoms with E-state index in [0.29, 0.717) is 0 Å². The Kier molecular flexibility index (Phi) is 4.61. The summed E-state index contributed by atoms with van der Waals surface area (Å²) < 4.78 is 0. The van der Waals surface area contributed by atoms with Crippen LogP contribution in [0.5, 0.6) is 0 Å². The van der Waals surface area contributed by atoms with Gasteiger partial charge in [-0.15, -0.1) is 0 Å². The van der Waals surface area contributed by atoms with Crippen LogP contribution in [0, 0.1) is 0 Å². The Morgan fingerprint density at radius 1 is 1.10 bits per heavy atom. The van der Waals surface area contributed by atoms with Gasteiger partial charge in [0.1, 0.15) is 0 Å². The van der Waals surface area contributed by atoms with Crippen LogP contribution in [0.3, 0.4) is 0 Å². The molecule has 3 rings (SSSR count). The van der Waals surface area contributed by atoms with E-state index in [0.717, 1.165) is 19.1 Å². The van der Waals surface area contributed by atoms with Gasteiger partial charge in [0.25, 0.3) is 0 Å². The van der Waals surface area contributed by atoms with Crippen molar-refractivity contribution in [3.8, 4) is 0 Å². The van der Waals surface area contributed by atoms with Crippen molar-refractivity contribution in [1.29, 1.82) is 0 Å². The predicted octanol–water partition coefficient (Wildman–Crippen LogP) is 3.47. The van der Waals surface area contributed by atoms with Crippen molar-refractivity contribution in [1.82, 2.24) is 14.8 Å². The molecule has 1 aliphatic rings. The summed E-state index contributed by atoms with van der Waals surface area (Å²) in [4.78, 5) is 8.35. The van der Waals surface area contributed by atoms with E-state index in [2.05, 4.69) is 53.1 Å². The third-order valence-electron chi connectivity index (χ3n) is 4.90. The van der Waals surface area contributed by atoms with Crippen LogP contribution in [0.4, 0.5) is 0 Å². The Morgan fingerprint density at radius 2 is 1.90 bits per heavy atom. The van der Waals surface area contributed by atoms with Crippen LogP contribution in [-0.4, -0.2) is 48.0 Å². The number of aromatic amines is 1. The number of hydrogen-bond acceptors (Lipinski definition) is 2. The first-order chi connectivity index (χ1) is 10.2. The molecule has 0 amide bonds. The largest absolute Gasteiger partial charge is 0.361 e. The maximum atomic E-state index is 3.37. The van der Waals surface area contributed by atoms with E-state index in [1.807, 2.05) is 6.20 Å². The molecule has 1 aromatic heterocycles. The molecule has 1 N–H and O–H groups in total. The topological polar surface area (TPSA) is 22.3 Å². The molecule has 0 unspecified atom stereocenters. The number of nitrogens with one attached hydrogen (secondary N) is 1. The molecule has 3 nitrogen and oxygen atoms in total. The average Bonchev–Trinajstić information content (AvgIpc) is 3.16. The second-order valence-electron chi connectivity index (χ2n) is 6.52. The minimum Gasteiger partial charge on any atom is -0.361 e. The van der Waals surface area contributed by atoms with Gasteiger partial charge in [-0.05, 0) is 44.0 Å². The van der Waals surface area contributed by atoms with Crippen molar-refractivity contribution in [3.63, 3.8) is 0 Å². The number of likely N-dealkylation sites (N-methyl/N-ethyl adjacent to an activating group) is 2. The quantitative estimate of drug-likeness (QED) is 0.878. The lowest BCUT2D eigenvalue weighted by Gasteiger charge is -2.26. The number of fused-ring (bicyclic) bond motifs is 1. The fourth-order valence-electron chi connectivity index (χ4n) is 3.51. The lowest BCUT2D eigenvalue weighted by molar-refractivity contribution is 0.204. The molecule has 1 aromatic carbocycles.